The number of primary amides is 1. The summed E-state index contributed by atoms with van der Waals surface area (Å²) in [7, 11) is 0. The summed E-state index contributed by atoms with van der Waals surface area (Å²) in [4.78, 5) is 16.4. The summed E-state index contributed by atoms with van der Waals surface area (Å²) in [6, 6.07) is 6.81. The zero-order valence-corrected chi connectivity index (χ0v) is 17.9. The Morgan fingerprint density at radius 2 is 2.00 bits per heavy atom. The number of hydrogen-bond donors (Lipinski definition) is 4. The maximum absolute atomic E-state index is 14.8. The number of pyridine rings is 1. The third-order valence-electron chi connectivity index (χ3n) is 6.45. The summed E-state index contributed by atoms with van der Waals surface area (Å²) in [5, 5.41) is 11.8. The minimum Gasteiger partial charge on any atom is -0.365 e. The van der Waals surface area contributed by atoms with Gasteiger partial charge >= 0.3 is 0 Å². The Hall–Kier alpha value is -3.20. The maximum atomic E-state index is 14.8. The van der Waals surface area contributed by atoms with Gasteiger partial charge < -0.3 is 22.1 Å². The standard InChI is InChI=1S/C23H28FN7O/c24-16-10-14(21(26)32)22(30-23(16)29-19-5-2-1-4-17(19)25)28-18-6-3-7-20-15(18)11-27-31(20)12-13-8-9-13/h3,6-7,10-11,13,17,19H,1-2,4-5,8-9,12,25H2,(H2,26,32)(H2,28,29,30)/t17-,19?/m0/s1. The summed E-state index contributed by atoms with van der Waals surface area (Å²) in [5.74, 6) is -0.423. The fourth-order valence-electron chi connectivity index (χ4n) is 4.42. The maximum Gasteiger partial charge on any atom is 0.252 e. The first-order valence-electron chi connectivity index (χ1n) is 11.2. The Bertz CT molecular complexity index is 1160. The monoisotopic (exact) mass is 437 g/mol. The molecule has 2 aliphatic rings. The molecular formula is C23H28FN7O. The molecule has 2 fully saturated rings. The Balaban J connectivity index is 1.48. The minimum absolute atomic E-state index is 0.0108. The first kappa shape index (κ1) is 20.7. The van der Waals surface area contributed by atoms with Gasteiger partial charge in [-0.25, -0.2) is 9.37 Å². The van der Waals surface area contributed by atoms with E-state index in [4.69, 9.17) is 11.5 Å². The predicted octanol–water partition coefficient (Wildman–Crippen LogP) is 3.50. The van der Waals surface area contributed by atoms with Crippen LogP contribution >= 0.6 is 0 Å². The van der Waals surface area contributed by atoms with Gasteiger partial charge in [0.1, 0.15) is 5.82 Å². The van der Waals surface area contributed by atoms with Crippen molar-refractivity contribution < 1.29 is 9.18 Å². The van der Waals surface area contributed by atoms with Gasteiger partial charge in [-0.15, -0.1) is 0 Å². The highest BCUT2D eigenvalue weighted by molar-refractivity contribution is 6.00. The number of carbonyl (C=O) groups excluding carboxylic acids is 1. The summed E-state index contributed by atoms with van der Waals surface area (Å²) < 4.78 is 16.8. The number of amides is 1. The molecule has 0 saturated heterocycles. The first-order chi connectivity index (χ1) is 15.5. The van der Waals surface area contributed by atoms with Gasteiger partial charge in [0.05, 0.1) is 23.0 Å². The van der Waals surface area contributed by atoms with E-state index in [9.17, 15) is 9.18 Å². The fraction of sp³-hybridized carbons (Fsp3) is 0.435. The Morgan fingerprint density at radius 1 is 1.19 bits per heavy atom. The molecule has 8 nitrogen and oxygen atoms in total. The van der Waals surface area contributed by atoms with E-state index in [1.165, 1.54) is 12.8 Å². The molecule has 1 aromatic carbocycles. The van der Waals surface area contributed by atoms with Crippen LogP contribution in [0.2, 0.25) is 0 Å². The highest BCUT2D eigenvalue weighted by Crippen LogP contribution is 2.33. The number of fused-ring (bicyclic) bond motifs is 1. The van der Waals surface area contributed by atoms with Crippen LogP contribution < -0.4 is 22.1 Å². The molecule has 0 spiro atoms. The lowest BCUT2D eigenvalue weighted by atomic mass is 9.91. The van der Waals surface area contributed by atoms with Gasteiger partial charge in [0, 0.05) is 24.0 Å². The number of benzene rings is 1. The number of nitrogens with two attached hydrogens (primary N) is 2. The van der Waals surface area contributed by atoms with E-state index in [1.807, 2.05) is 22.9 Å². The molecule has 0 radical (unpaired) electrons. The van der Waals surface area contributed by atoms with Gasteiger partial charge in [-0.1, -0.05) is 18.9 Å². The lowest BCUT2D eigenvalue weighted by Crippen LogP contribution is -2.43. The number of carbonyl (C=O) groups is 1. The molecule has 2 heterocycles. The number of nitrogens with zero attached hydrogens (tertiary/aromatic N) is 3. The third kappa shape index (κ3) is 4.12. The van der Waals surface area contributed by atoms with Crippen LogP contribution in [0.15, 0.2) is 30.5 Å². The third-order valence-corrected chi connectivity index (χ3v) is 6.45. The van der Waals surface area contributed by atoms with E-state index in [2.05, 4.69) is 20.7 Å². The number of halogens is 1. The van der Waals surface area contributed by atoms with Crippen LogP contribution in [-0.4, -0.2) is 32.8 Å². The fourth-order valence-corrected chi connectivity index (χ4v) is 4.42. The zero-order valence-electron chi connectivity index (χ0n) is 17.9. The average molecular weight is 438 g/mol. The lowest BCUT2D eigenvalue weighted by molar-refractivity contribution is 0.100. The molecule has 5 rings (SSSR count). The summed E-state index contributed by atoms with van der Waals surface area (Å²) in [5.41, 5.74) is 13.5. The molecule has 0 bridgehead atoms. The lowest BCUT2D eigenvalue weighted by Gasteiger charge is -2.30. The molecule has 3 aromatic rings. The number of nitrogens with one attached hydrogen (secondary N) is 2. The highest BCUT2D eigenvalue weighted by atomic mass is 19.1. The Morgan fingerprint density at radius 3 is 2.75 bits per heavy atom. The second kappa shape index (κ2) is 8.38. The minimum atomic E-state index is -0.753. The van der Waals surface area contributed by atoms with Crippen LogP contribution in [-0.2, 0) is 6.54 Å². The van der Waals surface area contributed by atoms with E-state index in [-0.39, 0.29) is 29.3 Å². The molecule has 6 N–H and O–H groups in total. The molecule has 32 heavy (non-hydrogen) atoms. The van der Waals surface area contributed by atoms with E-state index in [1.54, 1.807) is 6.20 Å². The van der Waals surface area contributed by atoms with Crippen molar-refractivity contribution in [2.75, 3.05) is 10.6 Å². The van der Waals surface area contributed by atoms with Crippen molar-refractivity contribution in [1.82, 2.24) is 14.8 Å². The molecule has 168 valence electrons. The Kier molecular flexibility index (Phi) is 5.42. The van der Waals surface area contributed by atoms with E-state index < -0.39 is 11.7 Å². The number of hydrogen-bond acceptors (Lipinski definition) is 6. The first-order valence-corrected chi connectivity index (χ1v) is 11.2. The topological polar surface area (TPSA) is 124 Å². The van der Waals surface area contributed by atoms with Crippen LogP contribution in [0.5, 0.6) is 0 Å². The van der Waals surface area contributed by atoms with Gasteiger partial charge in [-0.3, -0.25) is 9.48 Å². The van der Waals surface area contributed by atoms with Crippen molar-refractivity contribution in [3.8, 4) is 0 Å². The largest absolute Gasteiger partial charge is 0.365 e. The van der Waals surface area contributed by atoms with Crippen LogP contribution in [0, 0.1) is 11.7 Å². The molecule has 2 atom stereocenters. The quantitative estimate of drug-likeness (QED) is 0.448. The summed E-state index contributed by atoms with van der Waals surface area (Å²) in [6.07, 6.45) is 8.11. The molecule has 1 amide bonds. The highest BCUT2D eigenvalue weighted by Gasteiger charge is 2.25. The summed E-state index contributed by atoms with van der Waals surface area (Å²) >= 11 is 0. The summed E-state index contributed by atoms with van der Waals surface area (Å²) in [6.45, 7) is 0.893. The van der Waals surface area contributed by atoms with Crippen molar-refractivity contribution >= 4 is 34.1 Å². The molecule has 1 unspecified atom stereocenters. The van der Waals surface area contributed by atoms with Crippen molar-refractivity contribution in [2.24, 2.45) is 17.4 Å². The SMILES string of the molecule is NC(=O)c1cc(F)c(NC2CCCC[C@@H]2N)nc1Nc1cccc2c1cnn2CC1CC1. The molecule has 2 aliphatic carbocycles. The smallest absolute Gasteiger partial charge is 0.252 e. The normalized spacial score (nSPS) is 20.9. The molecule has 2 aromatic heterocycles. The molecular weight excluding hydrogens is 409 g/mol. The number of anilines is 3. The predicted molar refractivity (Wildman–Crippen MR) is 122 cm³/mol. The second-order valence-electron chi connectivity index (χ2n) is 8.91. The van der Waals surface area contributed by atoms with E-state index in [0.29, 0.717) is 5.92 Å². The van der Waals surface area contributed by atoms with Crippen LogP contribution in [0.4, 0.5) is 21.7 Å². The van der Waals surface area contributed by atoms with Crippen molar-refractivity contribution in [2.45, 2.75) is 57.2 Å². The van der Waals surface area contributed by atoms with Gasteiger partial charge in [0.2, 0.25) is 0 Å². The average Bonchev–Trinajstić information content (AvgIpc) is 3.50. The van der Waals surface area contributed by atoms with Gasteiger partial charge in [-0.05, 0) is 49.8 Å². The van der Waals surface area contributed by atoms with Gasteiger partial charge in [-0.2, -0.15) is 5.10 Å². The van der Waals surface area contributed by atoms with Crippen LogP contribution in [0.1, 0.15) is 48.9 Å². The van der Waals surface area contributed by atoms with E-state index >= 15 is 0 Å². The molecule has 2 saturated carbocycles. The molecule has 9 heteroatoms. The van der Waals surface area contributed by atoms with Crippen LogP contribution in [0.25, 0.3) is 10.9 Å². The van der Waals surface area contributed by atoms with Gasteiger partial charge in [0.15, 0.2) is 11.6 Å². The van der Waals surface area contributed by atoms with Crippen molar-refractivity contribution in [3.05, 3.63) is 41.8 Å². The van der Waals surface area contributed by atoms with E-state index in [0.717, 1.165) is 54.9 Å². The van der Waals surface area contributed by atoms with Crippen molar-refractivity contribution in [3.63, 3.8) is 0 Å². The zero-order chi connectivity index (χ0) is 22.2. The van der Waals surface area contributed by atoms with Crippen LogP contribution in [0.3, 0.4) is 0 Å². The molecule has 0 aliphatic heterocycles. The number of aromatic nitrogens is 3. The number of rotatable bonds is 7. The Labute approximate surface area is 185 Å². The second-order valence-corrected chi connectivity index (χ2v) is 8.91. The van der Waals surface area contributed by atoms with Crippen molar-refractivity contribution in [1.29, 1.82) is 0 Å². The van der Waals surface area contributed by atoms with Gasteiger partial charge in [0.25, 0.3) is 5.91 Å².